The lowest BCUT2D eigenvalue weighted by atomic mass is 9.97. The smallest absolute Gasteiger partial charge is 0.394 e. The summed E-state index contributed by atoms with van der Waals surface area (Å²) in [4.78, 5) is 23.4. The third kappa shape index (κ3) is 7.21. The molecule has 1 aliphatic heterocycles. The molecule has 29 heavy (non-hydrogen) atoms. The van der Waals surface area contributed by atoms with Gasteiger partial charge in [-0.2, -0.15) is 13.2 Å². The summed E-state index contributed by atoms with van der Waals surface area (Å²) in [5.74, 6) is -0.0999. The fourth-order valence-electron chi connectivity index (χ4n) is 3.08. The summed E-state index contributed by atoms with van der Waals surface area (Å²) < 4.78 is 43.4. The van der Waals surface area contributed by atoms with E-state index in [2.05, 4.69) is 16.0 Å². The van der Waals surface area contributed by atoms with Crippen molar-refractivity contribution in [3.05, 3.63) is 29.8 Å². The predicted octanol–water partition coefficient (Wildman–Crippen LogP) is 2.65. The SMILES string of the molecule is CCC(=O)N[C@@H]1CC[C@H](CCNC(=O)Nc2ccc(C(F)(F)F)cc2)O[C@H]1CO. The number of aliphatic hydroxyl groups excluding tert-OH is 1. The average Bonchev–Trinajstić information content (AvgIpc) is 2.68. The molecule has 1 aromatic rings. The van der Waals surface area contributed by atoms with E-state index in [1.807, 2.05) is 0 Å². The molecule has 0 bridgehead atoms. The number of carbonyl (C=O) groups excluding carboxylic acids is 2. The van der Waals surface area contributed by atoms with Crippen molar-refractivity contribution in [3.8, 4) is 0 Å². The van der Waals surface area contributed by atoms with Gasteiger partial charge in [-0.3, -0.25) is 4.79 Å². The lowest BCUT2D eigenvalue weighted by molar-refractivity contribution is -0.137. The second-order valence-electron chi connectivity index (χ2n) is 6.83. The summed E-state index contributed by atoms with van der Waals surface area (Å²) in [5, 5.41) is 17.4. The van der Waals surface area contributed by atoms with Gasteiger partial charge in [0.15, 0.2) is 0 Å². The van der Waals surface area contributed by atoms with Crippen LogP contribution >= 0.6 is 0 Å². The molecular formula is C19H26F3N3O4. The molecule has 7 nitrogen and oxygen atoms in total. The number of urea groups is 1. The molecular weight excluding hydrogens is 391 g/mol. The summed E-state index contributed by atoms with van der Waals surface area (Å²) in [6.45, 7) is 1.82. The van der Waals surface area contributed by atoms with Crippen molar-refractivity contribution >= 4 is 17.6 Å². The molecule has 1 aliphatic rings. The number of nitrogens with one attached hydrogen (secondary N) is 3. The Hall–Kier alpha value is -2.33. The molecule has 3 atom stereocenters. The minimum Gasteiger partial charge on any atom is -0.394 e. The Morgan fingerprint density at radius 2 is 1.90 bits per heavy atom. The average molecular weight is 417 g/mol. The second kappa shape index (κ2) is 10.4. The molecule has 0 aromatic heterocycles. The van der Waals surface area contributed by atoms with Crippen LogP contribution in [-0.4, -0.2) is 48.4 Å². The fraction of sp³-hybridized carbons (Fsp3) is 0.579. The first-order valence-electron chi connectivity index (χ1n) is 9.50. The third-order valence-corrected chi connectivity index (χ3v) is 4.69. The number of carbonyl (C=O) groups is 2. The Morgan fingerprint density at radius 1 is 1.21 bits per heavy atom. The predicted molar refractivity (Wildman–Crippen MR) is 100 cm³/mol. The topological polar surface area (TPSA) is 99.7 Å². The van der Waals surface area contributed by atoms with Crippen molar-refractivity contribution in [2.75, 3.05) is 18.5 Å². The van der Waals surface area contributed by atoms with Gasteiger partial charge < -0.3 is 25.8 Å². The second-order valence-corrected chi connectivity index (χ2v) is 6.83. The molecule has 1 fully saturated rings. The standard InChI is InChI=1S/C19H26F3N3O4/c1-2-17(27)25-15-8-7-14(29-16(15)11-26)9-10-23-18(28)24-13-5-3-12(4-6-13)19(20,21)22/h3-6,14-16,26H,2,7-11H2,1H3,(H,25,27)(H2,23,24,28)/t14-,15-,16+/m1/s1. The number of hydrogen-bond acceptors (Lipinski definition) is 4. The van der Waals surface area contributed by atoms with E-state index in [1.165, 1.54) is 12.1 Å². The van der Waals surface area contributed by atoms with Gasteiger partial charge in [-0.1, -0.05) is 6.92 Å². The van der Waals surface area contributed by atoms with Gasteiger partial charge in [0.05, 0.1) is 24.3 Å². The fourth-order valence-corrected chi connectivity index (χ4v) is 3.08. The largest absolute Gasteiger partial charge is 0.416 e. The summed E-state index contributed by atoms with van der Waals surface area (Å²) >= 11 is 0. The minimum absolute atomic E-state index is 0.0999. The minimum atomic E-state index is -4.43. The molecule has 2 rings (SSSR count). The normalized spacial score (nSPS) is 22.0. The van der Waals surface area contributed by atoms with Crippen LogP contribution in [0, 0.1) is 0 Å². The van der Waals surface area contributed by atoms with Gasteiger partial charge in [-0.05, 0) is 43.5 Å². The number of hydrogen-bond donors (Lipinski definition) is 4. The summed E-state index contributed by atoms with van der Waals surface area (Å²) in [6, 6.07) is 3.39. The maximum Gasteiger partial charge on any atom is 0.416 e. The highest BCUT2D eigenvalue weighted by molar-refractivity contribution is 5.89. The Bertz CT molecular complexity index is 682. The summed E-state index contributed by atoms with van der Waals surface area (Å²) in [6.07, 6.45) is -2.89. The van der Waals surface area contributed by atoms with Gasteiger partial charge in [-0.15, -0.1) is 0 Å². The van der Waals surface area contributed by atoms with E-state index in [9.17, 15) is 27.9 Å². The maximum atomic E-state index is 12.5. The van der Waals surface area contributed by atoms with Crippen LogP contribution in [0.5, 0.6) is 0 Å². The van der Waals surface area contributed by atoms with Gasteiger partial charge in [-0.25, -0.2) is 4.79 Å². The number of amides is 3. The molecule has 0 aliphatic carbocycles. The van der Waals surface area contributed by atoms with E-state index >= 15 is 0 Å². The first-order chi connectivity index (χ1) is 13.7. The Balaban J connectivity index is 1.73. The molecule has 0 saturated carbocycles. The van der Waals surface area contributed by atoms with Gasteiger partial charge in [0.1, 0.15) is 6.10 Å². The molecule has 0 radical (unpaired) electrons. The molecule has 0 spiro atoms. The van der Waals surface area contributed by atoms with Crippen LogP contribution in [0.1, 0.15) is 38.2 Å². The van der Waals surface area contributed by atoms with E-state index in [-0.39, 0.29) is 30.3 Å². The highest BCUT2D eigenvalue weighted by Gasteiger charge is 2.31. The quantitative estimate of drug-likeness (QED) is 0.548. The number of halogens is 3. The lowest BCUT2D eigenvalue weighted by Crippen LogP contribution is -2.51. The monoisotopic (exact) mass is 417 g/mol. The molecule has 1 heterocycles. The van der Waals surface area contributed by atoms with Crippen LogP contribution in [0.15, 0.2) is 24.3 Å². The molecule has 0 unspecified atom stereocenters. The lowest BCUT2D eigenvalue weighted by Gasteiger charge is -2.36. The van der Waals surface area contributed by atoms with Crippen LogP contribution in [-0.2, 0) is 15.7 Å². The third-order valence-electron chi connectivity index (χ3n) is 4.69. The van der Waals surface area contributed by atoms with E-state index in [1.54, 1.807) is 6.92 Å². The van der Waals surface area contributed by atoms with Crippen LogP contribution in [0.3, 0.4) is 0 Å². The van der Waals surface area contributed by atoms with Crippen molar-refractivity contribution < 1.29 is 32.6 Å². The van der Waals surface area contributed by atoms with E-state index < -0.39 is 23.9 Å². The molecule has 4 N–H and O–H groups in total. The van der Waals surface area contributed by atoms with Crippen molar-refractivity contribution in [1.29, 1.82) is 0 Å². The van der Waals surface area contributed by atoms with Crippen LogP contribution in [0.25, 0.3) is 0 Å². The number of ether oxygens (including phenoxy) is 1. The van der Waals surface area contributed by atoms with Gasteiger partial charge >= 0.3 is 12.2 Å². The number of aliphatic hydroxyl groups is 1. The Kier molecular flexibility index (Phi) is 8.27. The number of alkyl halides is 3. The van der Waals surface area contributed by atoms with Crippen LogP contribution in [0.4, 0.5) is 23.7 Å². The van der Waals surface area contributed by atoms with Crippen LogP contribution in [0.2, 0.25) is 0 Å². The first kappa shape index (κ1) is 23.0. The zero-order valence-corrected chi connectivity index (χ0v) is 16.1. The van der Waals surface area contributed by atoms with Crippen molar-refractivity contribution in [1.82, 2.24) is 10.6 Å². The number of benzene rings is 1. The zero-order valence-electron chi connectivity index (χ0n) is 16.1. The summed E-state index contributed by atoms with van der Waals surface area (Å²) in [5.41, 5.74) is -0.538. The molecule has 3 amide bonds. The van der Waals surface area contributed by atoms with Crippen molar-refractivity contribution in [3.63, 3.8) is 0 Å². The zero-order chi connectivity index (χ0) is 21.4. The van der Waals surface area contributed by atoms with Gasteiger partial charge in [0, 0.05) is 18.7 Å². The molecule has 1 saturated heterocycles. The highest BCUT2D eigenvalue weighted by atomic mass is 19.4. The number of anilines is 1. The van der Waals surface area contributed by atoms with E-state index in [0.29, 0.717) is 32.2 Å². The molecule has 10 heteroatoms. The van der Waals surface area contributed by atoms with Gasteiger partial charge in [0.25, 0.3) is 0 Å². The van der Waals surface area contributed by atoms with E-state index in [4.69, 9.17) is 4.74 Å². The van der Waals surface area contributed by atoms with Crippen molar-refractivity contribution in [2.45, 2.75) is 57.0 Å². The Labute approximate surface area is 167 Å². The van der Waals surface area contributed by atoms with Crippen molar-refractivity contribution in [2.24, 2.45) is 0 Å². The molecule has 1 aromatic carbocycles. The first-order valence-corrected chi connectivity index (χ1v) is 9.50. The van der Waals surface area contributed by atoms with Gasteiger partial charge in [0.2, 0.25) is 5.91 Å². The molecule has 162 valence electrons. The van der Waals surface area contributed by atoms with Crippen LogP contribution < -0.4 is 16.0 Å². The summed E-state index contributed by atoms with van der Waals surface area (Å²) in [7, 11) is 0. The number of rotatable bonds is 7. The Morgan fingerprint density at radius 3 is 2.48 bits per heavy atom. The highest BCUT2D eigenvalue weighted by Crippen LogP contribution is 2.29. The van der Waals surface area contributed by atoms with E-state index in [0.717, 1.165) is 12.1 Å². The maximum absolute atomic E-state index is 12.5.